The minimum absolute atomic E-state index is 0.0943. The number of aromatic nitrogens is 1. The summed E-state index contributed by atoms with van der Waals surface area (Å²) in [5.74, 6) is 1.18. The largest absolute Gasteiger partial charge is 0.442 e. The summed E-state index contributed by atoms with van der Waals surface area (Å²) in [5.41, 5.74) is 0. The van der Waals surface area contributed by atoms with Gasteiger partial charge in [0.2, 0.25) is 5.89 Å². The van der Waals surface area contributed by atoms with Crippen LogP contribution in [0, 0.1) is 0 Å². The van der Waals surface area contributed by atoms with E-state index in [1.54, 1.807) is 6.20 Å². The van der Waals surface area contributed by atoms with E-state index in [0.29, 0.717) is 18.2 Å². The highest BCUT2D eigenvalue weighted by molar-refractivity contribution is 4.92. The molecule has 0 radical (unpaired) electrons. The average molecular weight is 226 g/mol. The lowest BCUT2D eigenvalue weighted by atomic mass is 10.2. The first-order valence-electron chi connectivity index (χ1n) is 5.59. The molecule has 90 valence electrons. The van der Waals surface area contributed by atoms with Crippen LogP contribution in [0.2, 0.25) is 0 Å². The SMILES string of the molecule is C[C@@H]1CN(Cc2ncc(CO)o2)C[C@H](C)O1. The number of ether oxygens (including phenoxy) is 1. The number of hydrogen-bond acceptors (Lipinski definition) is 5. The van der Waals surface area contributed by atoms with E-state index in [1.807, 2.05) is 0 Å². The highest BCUT2D eigenvalue weighted by Gasteiger charge is 2.23. The van der Waals surface area contributed by atoms with Crippen LogP contribution in [0.5, 0.6) is 0 Å². The molecule has 2 atom stereocenters. The molecule has 0 bridgehead atoms. The van der Waals surface area contributed by atoms with Gasteiger partial charge in [-0.1, -0.05) is 0 Å². The first-order valence-corrected chi connectivity index (χ1v) is 5.59. The fourth-order valence-electron chi connectivity index (χ4n) is 2.10. The van der Waals surface area contributed by atoms with Crippen molar-refractivity contribution in [3.8, 4) is 0 Å². The van der Waals surface area contributed by atoms with E-state index >= 15 is 0 Å². The Kier molecular flexibility index (Phi) is 3.58. The van der Waals surface area contributed by atoms with E-state index in [9.17, 15) is 0 Å². The van der Waals surface area contributed by atoms with Gasteiger partial charge in [0, 0.05) is 13.1 Å². The molecule has 5 heteroatoms. The molecule has 0 spiro atoms. The molecule has 2 heterocycles. The Morgan fingerprint density at radius 3 is 2.69 bits per heavy atom. The molecule has 0 unspecified atom stereocenters. The van der Waals surface area contributed by atoms with Crippen LogP contribution < -0.4 is 0 Å². The summed E-state index contributed by atoms with van der Waals surface area (Å²) < 4.78 is 11.0. The normalized spacial score (nSPS) is 27.2. The summed E-state index contributed by atoms with van der Waals surface area (Å²) in [7, 11) is 0. The topological polar surface area (TPSA) is 58.7 Å². The molecule has 1 aromatic heterocycles. The molecule has 1 saturated heterocycles. The zero-order chi connectivity index (χ0) is 11.5. The number of aliphatic hydroxyl groups is 1. The lowest BCUT2D eigenvalue weighted by molar-refractivity contribution is -0.0723. The monoisotopic (exact) mass is 226 g/mol. The van der Waals surface area contributed by atoms with Gasteiger partial charge < -0.3 is 14.3 Å². The number of rotatable bonds is 3. The van der Waals surface area contributed by atoms with Gasteiger partial charge in [0.05, 0.1) is 24.9 Å². The Balaban J connectivity index is 1.93. The van der Waals surface area contributed by atoms with Crippen molar-refractivity contribution in [2.24, 2.45) is 0 Å². The van der Waals surface area contributed by atoms with Gasteiger partial charge in [0.15, 0.2) is 0 Å². The van der Waals surface area contributed by atoms with E-state index < -0.39 is 0 Å². The molecule has 0 aliphatic carbocycles. The maximum Gasteiger partial charge on any atom is 0.208 e. The number of hydrogen-bond donors (Lipinski definition) is 1. The Morgan fingerprint density at radius 2 is 2.12 bits per heavy atom. The number of oxazole rings is 1. The lowest BCUT2D eigenvalue weighted by Crippen LogP contribution is -2.44. The molecule has 1 aliphatic heterocycles. The molecule has 16 heavy (non-hydrogen) atoms. The minimum atomic E-state index is -0.0943. The predicted molar refractivity (Wildman–Crippen MR) is 57.7 cm³/mol. The fourth-order valence-corrected chi connectivity index (χ4v) is 2.10. The van der Waals surface area contributed by atoms with Gasteiger partial charge >= 0.3 is 0 Å². The summed E-state index contributed by atoms with van der Waals surface area (Å²) in [6.45, 7) is 6.50. The first-order chi connectivity index (χ1) is 7.67. The van der Waals surface area contributed by atoms with E-state index in [2.05, 4.69) is 23.7 Å². The molecule has 1 fully saturated rings. The Morgan fingerprint density at radius 1 is 1.44 bits per heavy atom. The Labute approximate surface area is 95.0 Å². The second-order valence-corrected chi connectivity index (χ2v) is 4.33. The molecule has 0 saturated carbocycles. The second-order valence-electron chi connectivity index (χ2n) is 4.33. The summed E-state index contributed by atoms with van der Waals surface area (Å²) in [6, 6.07) is 0. The molecule has 1 N–H and O–H groups in total. The maximum atomic E-state index is 8.87. The Bertz CT molecular complexity index is 330. The molecule has 0 aromatic carbocycles. The van der Waals surface area contributed by atoms with Crippen LogP contribution in [-0.2, 0) is 17.9 Å². The summed E-state index contributed by atoms with van der Waals surface area (Å²) in [6.07, 6.45) is 2.06. The number of aliphatic hydroxyl groups excluding tert-OH is 1. The van der Waals surface area contributed by atoms with Gasteiger partial charge in [-0.05, 0) is 13.8 Å². The second kappa shape index (κ2) is 4.95. The molecule has 2 rings (SSSR count). The quantitative estimate of drug-likeness (QED) is 0.825. The van der Waals surface area contributed by atoms with Gasteiger partial charge in [-0.3, -0.25) is 4.90 Å². The van der Waals surface area contributed by atoms with Gasteiger partial charge in [0.25, 0.3) is 0 Å². The molecule has 1 aromatic rings. The highest BCUT2D eigenvalue weighted by Crippen LogP contribution is 2.14. The average Bonchev–Trinajstić information content (AvgIpc) is 2.64. The van der Waals surface area contributed by atoms with Crippen molar-refractivity contribution in [2.75, 3.05) is 13.1 Å². The van der Waals surface area contributed by atoms with Crippen molar-refractivity contribution < 1.29 is 14.3 Å². The smallest absolute Gasteiger partial charge is 0.208 e. The lowest BCUT2D eigenvalue weighted by Gasteiger charge is -2.34. The maximum absolute atomic E-state index is 8.87. The van der Waals surface area contributed by atoms with Gasteiger partial charge in [0.1, 0.15) is 12.4 Å². The van der Waals surface area contributed by atoms with Gasteiger partial charge in [-0.25, -0.2) is 4.98 Å². The van der Waals surface area contributed by atoms with E-state index in [-0.39, 0.29) is 18.8 Å². The third-order valence-electron chi connectivity index (χ3n) is 2.61. The molecule has 0 amide bonds. The number of morpholine rings is 1. The molecule has 1 aliphatic rings. The van der Waals surface area contributed by atoms with E-state index in [1.165, 1.54) is 0 Å². The van der Waals surface area contributed by atoms with Crippen LogP contribution >= 0.6 is 0 Å². The third-order valence-corrected chi connectivity index (χ3v) is 2.61. The predicted octanol–water partition coefficient (Wildman–Crippen LogP) is 0.776. The van der Waals surface area contributed by atoms with Crippen molar-refractivity contribution in [1.29, 1.82) is 0 Å². The number of nitrogens with zero attached hydrogens (tertiary/aromatic N) is 2. The van der Waals surface area contributed by atoms with Crippen molar-refractivity contribution in [1.82, 2.24) is 9.88 Å². The molecular formula is C11H18N2O3. The summed E-state index contributed by atoms with van der Waals surface area (Å²) in [5, 5.41) is 8.87. The van der Waals surface area contributed by atoms with Crippen LogP contribution in [0.25, 0.3) is 0 Å². The zero-order valence-corrected chi connectivity index (χ0v) is 9.72. The minimum Gasteiger partial charge on any atom is -0.442 e. The third kappa shape index (κ3) is 2.81. The van der Waals surface area contributed by atoms with Crippen LogP contribution in [0.3, 0.4) is 0 Å². The summed E-state index contributed by atoms with van der Waals surface area (Å²) in [4.78, 5) is 6.38. The van der Waals surface area contributed by atoms with Crippen molar-refractivity contribution in [3.05, 3.63) is 17.8 Å². The molecular weight excluding hydrogens is 208 g/mol. The van der Waals surface area contributed by atoms with E-state index in [4.69, 9.17) is 14.3 Å². The van der Waals surface area contributed by atoms with Gasteiger partial charge in [-0.2, -0.15) is 0 Å². The zero-order valence-electron chi connectivity index (χ0n) is 9.72. The Hall–Kier alpha value is -0.910. The van der Waals surface area contributed by atoms with Crippen LogP contribution in [0.4, 0.5) is 0 Å². The standard InChI is InChI=1S/C11H18N2O3/c1-8-4-13(5-9(2)15-8)6-11-12-3-10(7-14)16-11/h3,8-9,14H,4-7H2,1-2H3/t8-,9+. The van der Waals surface area contributed by atoms with Crippen LogP contribution in [-0.4, -0.2) is 40.3 Å². The van der Waals surface area contributed by atoms with Crippen molar-refractivity contribution in [2.45, 2.75) is 39.2 Å². The summed E-state index contributed by atoms with van der Waals surface area (Å²) >= 11 is 0. The van der Waals surface area contributed by atoms with Gasteiger partial charge in [-0.15, -0.1) is 0 Å². The first kappa shape index (κ1) is 11.6. The van der Waals surface area contributed by atoms with Crippen molar-refractivity contribution >= 4 is 0 Å². The highest BCUT2D eigenvalue weighted by atomic mass is 16.5. The van der Waals surface area contributed by atoms with Crippen LogP contribution in [0.1, 0.15) is 25.5 Å². The van der Waals surface area contributed by atoms with E-state index in [0.717, 1.165) is 13.1 Å². The molecule has 5 nitrogen and oxygen atoms in total. The fraction of sp³-hybridized carbons (Fsp3) is 0.727. The van der Waals surface area contributed by atoms with Crippen LogP contribution in [0.15, 0.2) is 10.6 Å². The van der Waals surface area contributed by atoms with Crippen molar-refractivity contribution in [3.63, 3.8) is 0 Å².